The molecule has 0 saturated heterocycles. The Kier molecular flexibility index (Phi) is 4.84. The van der Waals surface area contributed by atoms with E-state index in [4.69, 9.17) is 10.2 Å². The molecule has 1 fully saturated rings. The Labute approximate surface area is 90.0 Å². The van der Waals surface area contributed by atoms with Gasteiger partial charge >= 0.3 is 6.09 Å². The number of hydrazine groups is 1. The lowest BCUT2D eigenvalue weighted by molar-refractivity contribution is 0.0762. The van der Waals surface area contributed by atoms with Gasteiger partial charge in [0.1, 0.15) is 0 Å². The van der Waals surface area contributed by atoms with Crippen LogP contribution in [0.2, 0.25) is 0 Å². The minimum Gasteiger partial charge on any atom is -0.464 e. The van der Waals surface area contributed by atoms with Crippen LogP contribution < -0.4 is 5.43 Å². The van der Waals surface area contributed by atoms with E-state index >= 15 is 0 Å². The van der Waals surface area contributed by atoms with E-state index in [1.807, 2.05) is 0 Å². The molecule has 3 N–H and O–H groups in total. The molecule has 1 atom stereocenters. The smallest absolute Gasteiger partial charge is 0.421 e. The van der Waals surface area contributed by atoms with Crippen molar-refractivity contribution in [2.24, 2.45) is 5.92 Å². The van der Waals surface area contributed by atoms with Crippen molar-refractivity contribution in [1.82, 2.24) is 10.4 Å². The summed E-state index contributed by atoms with van der Waals surface area (Å²) in [4.78, 5) is 10.8. The van der Waals surface area contributed by atoms with Crippen LogP contribution in [0.1, 0.15) is 32.6 Å². The van der Waals surface area contributed by atoms with Crippen LogP contribution in [-0.2, 0) is 0 Å². The van der Waals surface area contributed by atoms with Crippen LogP contribution in [0.5, 0.6) is 0 Å². The molecular weight excluding hydrogens is 196 g/mol. The van der Waals surface area contributed by atoms with Gasteiger partial charge in [0.15, 0.2) is 0 Å². The zero-order valence-electron chi connectivity index (χ0n) is 9.15. The van der Waals surface area contributed by atoms with Crippen molar-refractivity contribution in [3.63, 3.8) is 0 Å². The fourth-order valence-electron chi connectivity index (χ4n) is 1.93. The molecule has 0 aromatic heterocycles. The standard InChI is InChI=1S/C10H20N2O3/c1-8(13)7-12(10(14)15)11-6-9-4-2-3-5-9/h8-9,11,13H,2-7H2,1H3,(H,14,15). The molecule has 1 saturated carbocycles. The third kappa shape index (κ3) is 4.48. The number of amides is 1. The van der Waals surface area contributed by atoms with E-state index in [0.717, 1.165) is 5.01 Å². The Morgan fingerprint density at radius 3 is 2.60 bits per heavy atom. The highest BCUT2D eigenvalue weighted by molar-refractivity contribution is 5.64. The number of carbonyl (C=O) groups is 1. The van der Waals surface area contributed by atoms with Crippen molar-refractivity contribution in [3.8, 4) is 0 Å². The van der Waals surface area contributed by atoms with Crippen molar-refractivity contribution in [2.75, 3.05) is 13.1 Å². The Bertz CT molecular complexity index is 203. The fourth-order valence-corrected chi connectivity index (χ4v) is 1.93. The van der Waals surface area contributed by atoms with Crippen LogP contribution in [-0.4, -0.2) is 40.5 Å². The summed E-state index contributed by atoms with van der Waals surface area (Å²) in [6.45, 7) is 2.38. The van der Waals surface area contributed by atoms with Gasteiger partial charge in [0.2, 0.25) is 0 Å². The van der Waals surface area contributed by atoms with Crippen LogP contribution in [0.3, 0.4) is 0 Å². The SMILES string of the molecule is CC(O)CN(NCC1CCCC1)C(=O)O. The third-order valence-corrected chi connectivity index (χ3v) is 2.72. The average Bonchev–Trinajstić information content (AvgIpc) is 2.63. The number of aliphatic hydroxyl groups excluding tert-OH is 1. The molecule has 0 spiro atoms. The molecule has 5 heteroatoms. The number of rotatable bonds is 5. The minimum atomic E-state index is -1.03. The largest absolute Gasteiger partial charge is 0.464 e. The summed E-state index contributed by atoms with van der Waals surface area (Å²) >= 11 is 0. The van der Waals surface area contributed by atoms with E-state index in [0.29, 0.717) is 12.5 Å². The molecule has 0 radical (unpaired) electrons. The second-order valence-electron chi connectivity index (χ2n) is 4.25. The van der Waals surface area contributed by atoms with E-state index in [1.165, 1.54) is 25.7 Å². The highest BCUT2D eigenvalue weighted by Gasteiger charge is 2.18. The molecular formula is C10H20N2O3. The van der Waals surface area contributed by atoms with Gasteiger partial charge in [0.05, 0.1) is 12.6 Å². The molecule has 15 heavy (non-hydrogen) atoms. The Morgan fingerprint density at radius 1 is 1.53 bits per heavy atom. The van der Waals surface area contributed by atoms with Crippen LogP contribution in [0.25, 0.3) is 0 Å². The van der Waals surface area contributed by atoms with Crippen molar-refractivity contribution in [2.45, 2.75) is 38.7 Å². The second-order valence-corrected chi connectivity index (χ2v) is 4.25. The molecule has 1 amide bonds. The molecule has 88 valence electrons. The Morgan fingerprint density at radius 2 is 2.13 bits per heavy atom. The monoisotopic (exact) mass is 216 g/mol. The highest BCUT2D eigenvalue weighted by atomic mass is 16.4. The molecule has 0 aliphatic heterocycles. The number of nitrogens with one attached hydrogen (secondary N) is 1. The molecule has 5 nitrogen and oxygen atoms in total. The Hall–Kier alpha value is -0.810. The van der Waals surface area contributed by atoms with Crippen molar-refractivity contribution in [3.05, 3.63) is 0 Å². The number of hydrogen-bond donors (Lipinski definition) is 3. The molecule has 0 bridgehead atoms. The zero-order valence-corrected chi connectivity index (χ0v) is 9.15. The predicted molar refractivity (Wildman–Crippen MR) is 56.4 cm³/mol. The lowest BCUT2D eigenvalue weighted by Crippen LogP contribution is -2.47. The molecule has 0 aromatic carbocycles. The van der Waals surface area contributed by atoms with Crippen LogP contribution in [0, 0.1) is 5.92 Å². The fraction of sp³-hybridized carbons (Fsp3) is 0.900. The molecule has 0 heterocycles. The summed E-state index contributed by atoms with van der Waals surface area (Å²) in [6.07, 6.45) is 3.17. The van der Waals surface area contributed by atoms with Crippen LogP contribution >= 0.6 is 0 Å². The molecule has 1 aliphatic carbocycles. The van der Waals surface area contributed by atoms with Gasteiger partial charge in [-0.3, -0.25) is 0 Å². The highest BCUT2D eigenvalue weighted by Crippen LogP contribution is 2.23. The quantitative estimate of drug-likeness (QED) is 0.600. The molecule has 0 aromatic rings. The topological polar surface area (TPSA) is 72.8 Å². The maximum Gasteiger partial charge on any atom is 0.421 e. The summed E-state index contributed by atoms with van der Waals surface area (Å²) in [5.41, 5.74) is 2.87. The third-order valence-electron chi connectivity index (χ3n) is 2.72. The van der Waals surface area contributed by atoms with E-state index < -0.39 is 12.2 Å². The van der Waals surface area contributed by atoms with Gasteiger partial charge < -0.3 is 10.2 Å². The summed E-state index contributed by atoms with van der Waals surface area (Å²) in [5.74, 6) is 0.584. The van der Waals surface area contributed by atoms with Gasteiger partial charge in [-0.15, -0.1) is 0 Å². The summed E-state index contributed by atoms with van der Waals surface area (Å²) in [5, 5.41) is 19.0. The number of nitrogens with zero attached hydrogens (tertiary/aromatic N) is 1. The first-order valence-corrected chi connectivity index (χ1v) is 5.51. The van der Waals surface area contributed by atoms with Gasteiger partial charge in [0.25, 0.3) is 0 Å². The minimum absolute atomic E-state index is 0.113. The summed E-state index contributed by atoms with van der Waals surface area (Å²) < 4.78 is 0. The van der Waals surface area contributed by atoms with E-state index in [1.54, 1.807) is 6.92 Å². The van der Waals surface area contributed by atoms with Crippen molar-refractivity contribution >= 4 is 6.09 Å². The first-order valence-electron chi connectivity index (χ1n) is 5.51. The lowest BCUT2D eigenvalue weighted by atomic mass is 10.1. The van der Waals surface area contributed by atoms with Crippen LogP contribution in [0.15, 0.2) is 0 Å². The van der Waals surface area contributed by atoms with Gasteiger partial charge in [-0.1, -0.05) is 12.8 Å². The molecule has 1 rings (SSSR count). The summed E-state index contributed by atoms with van der Waals surface area (Å²) in [7, 11) is 0. The number of hydrogen-bond acceptors (Lipinski definition) is 3. The first-order chi connectivity index (χ1) is 7.09. The molecule has 1 unspecified atom stereocenters. The number of aliphatic hydroxyl groups is 1. The lowest BCUT2D eigenvalue weighted by Gasteiger charge is -2.23. The number of carboxylic acid groups (broad SMARTS) is 1. The van der Waals surface area contributed by atoms with E-state index in [-0.39, 0.29) is 6.54 Å². The van der Waals surface area contributed by atoms with Crippen molar-refractivity contribution < 1.29 is 15.0 Å². The maximum absolute atomic E-state index is 10.8. The first kappa shape index (κ1) is 12.3. The normalized spacial score (nSPS) is 19.1. The maximum atomic E-state index is 10.8. The van der Waals surface area contributed by atoms with Gasteiger partial charge in [-0.25, -0.2) is 15.2 Å². The summed E-state index contributed by atoms with van der Waals surface area (Å²) in [6, 6.07) is 0. The van der Waals surface area contributed by atoms with Gasteiger partial charge in [-0.05, 0) is 25.7 Å². The van der Waals surface area contributed by atoms with E-state index in [2.05, 4.69) is 5.43 Å². The average molecular weight is 216 g/mol. The van der Waals surface area contributed by atoms with Gasteiger partial charge in [0, 0.05) is 6.54 Å². The van der Waals surface area contributed by atoms with Gasteiger partial charge in [-0.2, -0.15) is 0 Å². The second kappa shape index (κ2) is 5.92. The molecule has 1 aliphatic rings. The van der Waals surface area contributed by atoms with Crippen molar-refractivity contribution in [1.29, 1.82) is 0 Å². The Balaban J connectivity index is 2.27. The predicted octanol–water partition coefficient (Wildman–Crippen LogP) is 1.04. The van der Waals surface area contributed by atoms with Crippen LogP contribution in [0.4, 0.5) is 4.79 Å². The van der Waals surface area contributed by atoms with E-state index in [9.17, 15) is 4.79 Å². The zero-order chi connectivity index (χ0) is 11.3.